The van der Waals surface area contributed by atoms with Gasteiger partial charge >= 0.3 is 6.18 Å². The van der Waals surface area contributed by atoms with Gasteiger partial charge in [-0.15, -0.1) is 0 Å². The fourth-order valence-electron chi connectivity index (χ4n) is 4.21. The van der Waals surface area contributed by atoms with E-state index in [4.69, 9.17) is 0 Å². The van der Waals surface area contributed by atoms with E-state index in [9.17, 15) is 22.8 Å². The van der Waals surface area contributed by atoms with Gasteiger partial charge in [0.1, 0.15) is 0 Å². The molecule has 174 valence electrons. The molecule has 2 aromatic carbocycles. The van der Waals surface area contributed by atoms with E-state index in [-0.39, 0.29) is 33.6 Å². The number of alkyl halides is 4. The summed E-state index contributed by atoms with van der Waals surface area (Å²) in [5, 5.41) is 7.22. The van der Waals surface area contributed by atoms with Crippen LogP contribution >= 0.6 is 22.6 Å². The van der Waals surface area contributed by atoms with Crippen LogP contribution in [0.4, 0.5) is 18.9 Å². The Labute approximate surface area is 202 Å². The number of benzene rings is 2. The summed E-state index contributed by atoms with van der Waals surface area (Å²) in [6.07, 6.45) is -0.843. The molecule has 1 saturated heterocycles. The minimum Gasteiger partial charge on any atom is -0.325 e. The van der Waals surface area contributed by atoms with Gasteiger partial charge in [0, 0.05) is 39.7 Å². The number of pyridine rings is 1. The first-order chi connectivity index (χ1) is 15.8. The zero-order chi connectivity index (χ0) is 23.6. The molecule has 0 radical (unpaired) electrons. The first-order valence-corrected chi connectivity index (χ1v) is 12.2. The molecule has 1 aromatic heterocycles. The smallest absolute Gasteiger partial charge is 0.325 e. The zero-order valence-corrected chi connectivity index (χ0v) is 19.9. The van der Waals surface area contributed by atoms with Gasteiger partial charge in [-0.05, 0) is 54.8 Å². The molecule has 1 amide bonds. The predicted molar refractivity (Wildman–Crippen MR) is 131 cm³/mol. The number of carbonyl (C=O) groups is 1. The second kappa shape index (κ2) is 9.84. The van der Waals surface area contributed by atoms with Crippen molar-refractivity contribution in [1.29, 1.82) is 0 Å². The van der Waals surface area contributed by atoms with E-state index < -0.39 is 17.6 Å². The van der Waals surface area contributed by atoms with Crippen LogP contribution in [0.2, 0.25) is 0 Å². The maximum Gasteiger partial charge on any atom is 0.416 e. The van der Waals surface area contributed by atoms with Gasteiger partial charge in [-0.1, -0.05) is 40.8 Å². The number of amides is 1. The van der Waals surface area contributed by atoms with Crippen molar-refractivity contribution in [2.75, 3.05) is 11.9 Å². The largest absolute Gasteiger partial charge is 0.416 e. The van der Waals surface area contributed by atoms with Crippen molar-refractivity contribution < 1.29 is 18.0 Å². The number of aromatic nitrogens is 1. The van der Waals surface area contributed by atoms with E-state index >= 15 is 0 Å². The minimum atomic E-state index is -4.48. The van der Waals surface area contributed by atoms with E-state index in [1.165, 1.54) is 6.07 Å². The highest BCUT2D eigenvalue weighted by molar-refractivity contribution is 14.1. The fraction of sp³-hybridized carbons (Fsp3) is 0.333. The average Bonchev–Trinajstić information content (AvgIpc) is 3.28. The Kier molecular flexibility index (Phi) is 7.08. The number of anilines is 1. The van der Waals surface area contributed by atoms with Crippen LogP contribution in [0.25, 0.3) is 10.8 Å². The Morgan fingerprint density at radius 1 is 1.18 bits per heavy atom. The highest BCUT2D eigenvalue weighted by Crippen LogP contribution is 2.34. The van der Waals surface area contributed by atoms with Crippen LogP contribution in [0.15, 0.2) is 53.5 Å². The van der Waals surface area contributed by atoms with Crippen LogP contribution in [0, 0.1) is 0 Å². The van der Waals surface area contributed by atoms with Crippen molar-refractivity contribution in [3.05, 3.63) is 75.7 Å². The lowest BCUT2D eigenvalue weighted by molar-refractivity contribution is -0.138. The van der Waals surface area contributed by atoms with Gasteiger partial charge in [0.15, 0.2) is 0 Å². The molecule has 3 aromatic rings. The lowest BCUT2D eigenvalue weighted by Gasteiger charge is -2.15. The van der Waals surface area contributed by atoms with Crippen LogP contribution in [0.1, 0.15) is 29.5 Å². The summed E-state index contributed by atoms with van der Waals surface area (Å²) in [6, 6.07) is 11.1. The summed E-state index contributed by atoms with van der Waals surface area (Å²) in [5.74, 6) is -0.447. The quantitative estimate of drug-likeness (QED) is 0.329. The molecule has 5 nitrogen and oxygen atoms in total. The molecule has 1 fully saturated rings. The van der Waals surface area contributed by atoms with E-state index in [1.807, 2.05) is 22.6 Å². The van der Waals surface area contributed by atoms with Crippen LogP contribution in [-0.4, -0.2) is 23.1 Å². The van der Waals surface area contributed by atoms with Crippen molar-refractivity contribution in [3.63, 3.8) is 0 Å². The van der Waals surface area contributed by atoms with Crippen molar-refractivity contribution in [3.8, 4) is 0 Å². The van der Waals surface area contributed by atoms with Gasteiger partial charge in [-0.2, -0.15) is 13.2 Å². The summed E-state index contributed by atoms with van der Waals surface area (Å²) in [7, 11) is 0. The van der Waals surface area contributed by atoms with E-state index in [2.05, 4.69) is 10.6 Å². The number of halogens is 4. The number of hydrogen-bond donors (Lipinski definition) is 2. The molecule has 4 rings (SSSR count). The highest BCUT2D eigenvalue weighted by atomic mass is 127. The average molecular weight is 569 g/mol. The number of fused-ring (bicyclic) bond motifs is 1. The van der Waals surface area contributed by atoms with Crippen molar-refractivity contribution in [2.24, 2.45) is 0 Å². The molecule has 9 heteroatoms. The van der Waals surface area contributed by atoms with Gasteiger partial charge in [0.05, 0.1) is 12.0 Å². The van der Waals surface area contributed by atoms with E-state index in [0.717, 1.165) is 25.5 Å². The Bertz CT molecular complexity index is 1230. The maximum absolute atomic E-state index is 13.3. The predicted octanol–water partition coefficient (Wildman–Crippen LogP) is 4.89. The zero-order valence-electron chi connectivity index (χ0n) is 17.7. The number of nitrogens with one attached hydrogen (secondary N) is 2. The molecule has 1 aliphatic rings. The van der Waals surface area contributed by atoms with E-state index in [1.54, 1.807) is 41.1 Å². The molecule has 1 atom stereocenters. The molecular weight excluding hydrogens is 546 g/mol. The molecular formula is C24H23F3IN3O2. The van der Waals surface area contributed by atoms with Crippen LogP contribution < -0.4 is 16.2 Å². The fourth-order valence-corrected chi connectivity index (χ4v) is 4.88. The van der Waals surface area contributed by atoms with E-state index in [0.29, 0.717) is 23.0 Å². The summed E-state index contributed by atoms with van der Waals surface area (Å²) in [4.78, 5) is 25.6. The molecule has 1 aliphatic heterocycles. The number of rotatable bonds is 6. The lowest BCUT2D eigenvalue weighted by atomic mass is 10.0. The third-order valence-corrected chi connectivity index (χ3v) is 6.68. The van der Waals surface area contributed by atoms with Crippen LogP contribution in [0.5, 0.6) is 0 Å². The van der Waals surface area contributed by atoms with Gasteiger partial charge < -0.3 is 15.2 Å². The normalized spacial score (nSPS) is 16.3. The minimum absolute atomic E-state index is 0.137. The maximum atomic E-state index is 13.3. The Balaban J connectivity index is 1.55. The monoisotopic (exact) mass is 569 g/mol. The van der Waals surface area contributed by atoms with Crippen LogP contribution in [0.3, 0.4) is 0 Å². The summed E-state index contributed by atoms with van der Waals surface area (Å²) in [6.45, 7) is 1.54. The van der Waals surface area contributed by atoms with Crippen molar-refractivity contribution in [2.45, 2.75) is 42.5 Å². The van der Waals surface area contributed by atoms with Gasteiger partial charge in [0.25, 0.3) is 5.56 Å². The molecule has 0 spiro atoms. The van der Waals surface area contributed by atoms with Crippen molar-refractivity contribution >= 4 is 45.0 Å². The molecule has 33 heavy (non-hydrogen) atoms. The molecule has 0 aliphatic carbocycles. The van der Waals surface area contributed by atoms with Gasteiger partial charge in [-0.25, -0.2) is 0 Å². The number of nitrogens with zero attached hydrogens (tertiary/aromatic N) is 1. The third kappa shape index (κ3) is 5.40. The Morgan fingerprint density at radius 2 is 2.00 bits per heavy atom. The highest BCUT2D eigenvalue weighted by Gasteiger charge is 2.33. The standard InChI is InChI=1S/C24H23F3IN3O2/c25-24(26,27)20-11-15(6-7-16(20)13-28)12-22(32)30-21-5-1-4-19-18(21)8-10-31(23(19)33)14-17-3-2-9-29-17/h1,4-8,10-11,17,29H,2-3,9,12-14H2,(H,30,32)/t17-/m1/s1. The summed E-state index contributed by atoms with van der Waals surface area (Å²) < 4.78 is 41.9. The second-order valence-corrected chi connectivity index (χ2v) is 8.94. The first-order valence-electron chi connectivity index (χ1n) is 10.7. The van der Waals surface area contributed by atoms with Gasteiger partial charge in [0.2, 0.25) is 5.91 Å². The van der Waals surface area contributed by atoms with Crippen LogP contribution in [-0.2, 0) is 28.4 Å². The number of carbonyl (C=O) groups excluding carboxylic acids is 1. The molecule has 0 unspecified atom stereocenters. The molecule has 0 bridgehead atoms. The molecule has 0 saturated carbocycles. The Morgan fingerprint density at radius 3 is 2.70 bits per heavy atom. The van der Waals surface area contributed by atoms with Crippen molar-refractivity contribution in [1.82, 2.24) is 9.88 Å². The topological polar surface area (TPSA) is 63.1 Å². The van der Waals surface area contributed by atoms with Gasteiger partial charge in [-0.3, -0.25) is 9.59 Å². The SMILES string of the molecule is O=C(Cc1ccc(CI)c(C(F)(F)F)c1)Nc1cccc2c(=O)n(C[C@H]3CCCN3)ccc12. The lowest BCUT2D eigenvalue weighted by Crippen LogP contribution is -2.32. The summed E-state index contributed by atoms with van der Waals surface area (Å²) in [5.41, 5.74) is 0.0670. The Hall–Kier alpha value is -2.40. The number of hydrogen-bond acceptors (Lipinski definition) is 3. The third-order valence-electron chi connectivity index (χ3n) is 5.86. The molecule has 2 heterocycles. The summed E-state index contributed by atoms with van der Waals surface area (Å²) >= 11 is 1.89. The first kappa shape index (κ1) is 23.7. The molecule has 2 N–H and O–H groups in total. The second-order valence-electron chi connectivity index (χ2n) is 8.18.